The Balaban J connectivity index is 0.00000306. The van der Waals surface area contributed by atoms with Gasteiger partial charge in [-0.3, -0.25) is 19.6 Å². The summed E-state index contributed by atoms with van der Waals surface area (Å²) in [6, 6.07) is 15.3. The van der Waals surface area contributed by atoms with Crippen LogP contribution in [0.25, 0.3) is 0 Å². The zero-order chi connectivity index (χ0) is 22.2. The molecule has 9 heteroatoms. The van der Waals surface area contributed by atoms with Gasteiger partial charge in [-0.15, -0.1) is 12.4 Å². The fourth-order valence-electron chi connectivity index (χ4n) is 3.62. The summed E-state index contributed by atoms with van der Waals surface area (Å²) in [5.74, 6) is 1.71. The second-order valence-electron chi connectivity index (χ2n) is 7.77. The Morgan fingerprint density at radius 2 is 1.09 bits per heavy atom. The number of rotatable bonds is 9. The van der Waals surface area contributed by atoms with Crippen molar-refractivity contribution < 1.29 is 9.59 Å². The Hall–Kier alpha value is -3.39. The molecule has 2 heterocycles. The van der Waals surface area contributed by atoms with Crippen LogP contribution in [0.15, 0.2) is 58.5 Å². The summed E-state index contributed by atoms with van der Waals surface area (Å²) in [5, 5.41) is 12.3. The zero-order valence-electron chi connectivity index (χ0n) is 18.4. The van der Waals surface area contributed by atoms with Crippen molar-refractivity contribution in [3.8, 4) is 0 Å². The lowest BCUT2D eigenvalue weighted by Gasteiger charge is -2.08. The van der Waals surface area contributed by atoms with Crippen LogP contribution < -0.4 is 21.3 Å². The molecule has 2 aliphatic heterocycles. The first-order valence-electron chi connectivity index (χ1n) is 11.0. The molecule has 0 bridgehead atoms. The average molecular weight is 469 g/mol. The highest BCUT2D eigenvalue weighted by Gasteiger charge is 2.10. The van der Waals surface area contributed by atoms with Crippen LogP contribution in [-0.2, 0) is 9.59 Å². The van der Waals surface area contributed by atoms with Gasteiger partial charge in [0.15, 0.2) is 0 Å². The third-order valence-corrected chi connectivity index (χ3v) is 5.29. The number of aliphatic imine (C=N–C) groups is 2. The summed E-state index contributed by atoms with van der Waals surface area (Å²) in [5.41, 5.74) is 3.56. The van der Waals surface area contributed by atoms with Crippen LogP contribution in [0.1, 0.15) is 36.8 Å². The molecule has 0 fully saturated rings. The Morgan fingerprint density at radius 1 is 0.697 bits per heavy atom. The van der Waals surface area contributed by atoms with Crippen LogP contribution in [0.2, 0.25) is 0 Å². The minimum atomic E-state index is -0.0477. The third kappa shape index (κ3) is 7.05. The fraction of sp³-hybridized carbons (Fsp3) is 0.333. The number of hydrogen-bond acceptors (Lipinski definition) is 6. The SMILES string of the molecule is Cl.O=C(CCCCC(=O)Nc1ccc(C2=NCCN2)cc1)Nc1ccc(C2=NCCN2)cc1. The lowest BCUT2D eigenvalue weighted by Crippen LogP contribution is -2.19. The van der Waals surface area contributed by atoms with Crippen LogP contribution in [0.3, 0.4) is 0 Å². The second-order valence-corrected chi connectivity index (χ2v) is 7.77. The molecule has 33 heavy (non-hydrogen) atoms. The van der Waals surface area contributed by atoms with Gasteiger partial charge in [-0.05, 0) is 61.4 Å². The van der Waals surface area contributed by atoms with E-state index in [4.69, 9.17) is 0 Å². The fourth-order valence-corrected chi connectivity index (χ4v) is 3.62. The highest BCUT2D eigenvalue weighted by atomic mass is 35.5. The maximum absolute atomic E-state index is 12.2. The molecular weight excluding hydrogens is 440 g/mol. The summed E-state index contributed by atoms with van der Waals surface area (Å²) in [7, 11) is 0. The minimum absolute atomic E-state index is 0. The van der Waals surface area contributed by atoms with Gasteiger partial charge < -0.3 is 21.3 Å². The first kappa shape index (κ1) is 24.3. The normalized spacial score (nSPS) is 14.3. The lowest BCUT2D eigenvalue weighted by atomic mass is 10.1. The number of carbonyl (C=O) groups is 2. The molecule has 4 rings (SSSR count). The van der Waals surface area contributed by atoms with Gasteiger partial charge in [0.2, 0.25) is 11.8 Å². The molecule has 2 aromatic rings. The predicted octanol–water partition coefficient (Wildman–Crippen LogP) is 2.95. The van der Waals surface area contributed by atoms with Gasteiger partial charge >= 0.3 is 0 Å². The largest absolute Gasteiger partial charge is 0.368 e. The second kappa shape index (κ2) is 12.0. The Morgan fingerprint density at radius 3 is 1.42 bits per heavy atom. The summed E-state index contributed by atoms with van der Waals surface area (Å²) >= 11 is 0. The lowest BCUT2D eigenvalue weighted by molar-refractivity contribution is -0.118. The molecule has 2 aliphatic rings. The predicted molar refractivity (Wildman–Crippen MR) is 135 cm³/mol. The van der Waals surface area contributed by atoms with Gasteiger partial charge in [-0.1, -0.05) is 0 Å². The van der Waals surface area contributed by atoms with Crippen molar-refractivity contribution in [2.24, 2.45) is 9.98 Å². The molecule has 0 spiro atoms. The Labute approximate surface area is 199 Å². The molecule has 0 aliphatic carbocycles. The van der Waals surface area contributed by atoms with E-state index in [1.807, 2.05) is 48.5 Å². The molecule has 174 valence electrons. The number of anilines is 2. The van der Waals surface area contributed by atoms with E-state index in [1.165, 1.54) is 0 Å². The Kier molecular flexibility index (Phi) is 8.83. The highest BCUT2D eigenvalue weighted by molar-refractivity contribution is 6.01. The van der Waals surface area contributed by atoms with Crippen molar-refractivity contribution in [2.45, 2.75) is 25.7 Å². The molecule has 2 amide bonds. The summed E-state index contributed by atoms with van der Waals surface area (Å²) in [6.07, 6.45) is 2.07. The number of unbranched alkanes of at least 4 members (excludes halogenated alkanes) is 1. The van der Waals surface area contributed by atoms with E-state index >= 15 is 0 Å². The maximum Gasteiger partial charge on any atom is 0.224 e. The molecule has 8 nitrogen and oxygen atoms in total. The van der Waals surface area contributed by atoms with Crippen LogP contribution in [0.4, 0.5) is 11.4 Å². The van der Waals surface area contributed by atoms with E-state index in [1.54, 1.807) is 0 Å². The van der Waals surface area contributed by atoms with Gasteiger partial charge in [0.25, 0.3) is 0 Å². The topological polar surface area (TPSA) is 107 Å². The number of amidine groups is 2. The molecular formula is C24H29ClN6O2. The van der Waals surface area contributed by atoms with Gasteiger partial charge in [-0.25, -0.2) is 0 Å². The van der Waals surface area contributed by atoms with E-state index in [2.05, 4.69) is 31.3 Å². The van der Waals surface area contributed by atoms with Crippen LogP contribution >= 0.6 is 12.4 Å². The van der Waals surface area contributed by atoms with Crippen molar-refractivity contribution in [1.82, 2.24) is 10.6 Å². The van der Waals surface area contributed by atoms with E-state index < -0.39 is 0 Å². The first-order chi connectivity index (χ1) is 15.7. The van der Waals surface area contributed by atoms with Crippen molar-refractivity contribution in [1.29, 1.82) is 0 Å². The van der Waals surface area contributed by atoms with Crippen molar-refractivity contribution in [3.05, 3.63) is 59.7 Å². The van der Waals surface area contributed by atoms with Crippen molar-refractivity contribution in [3.63, 3.8) is 0 Å². The van der Waals surface area contributed by atoms with Crippen LogP contribution in [-0.4, -0.2) is 49.7 Å². The molecule has 4 N–H and O–H groups in total. The highest BCUT2D eigenvalue weighted by Crippen LogP contribution is 2.14. The number of nitrogens with zero attached hydrogens (tertiary/aromatic N) is 2. The van der Waals surface area contributed by atoms with Gasteiger partial charge in [0, 0.05) is 48.4 Å². The van der Waals surface area contributed by atoms with Gasteiger partial charge in [-0.2, -0.15) is 0 Å². The molecule has 0 saturated carbocycles. The molecule has 2 aromatic carbocycles. The summed E-state index contributed by atoms with van der Waals surface area (Å²) in [6.45, 7) is 3.33. The number of hydrogen-bond donors (Lipinski definition) is 4. The van der Waals surface area contributed by atoms with Crippen LogP contribution in [0, 0.1) is 0 Å². The monoisotopic (exact) mass is 468 g/mol. The number of carbonyl (C=O) groups excluding carboxylic acids is 2. The zero-order valence-corrected chi connectivity index (χ0v) is 19.2. The molecule has 0 saturated heterocycles. The average Bonchev–Trinajstić information content (AvgIpc) is 3.52. The number of benzene rings is 2. The molecule has 0 radical (unpaired) electrons. The van der Waals surface area contributed by atoms with Gasteiger partial charge in [0.1, 0.15) is 11.7 Å². The number of halogens is 1. The molecule has 0 atom stereocenters. The smallest absolute Gasteiger partial charge is 0.224 e. The Bertz CT molecular complexity index is 935. The van der Waals surface area contributed by atoms with Gasteiger partial charge in [0.05, 0.1) is 13.1 Å². The number of nitrogens with one attached hydrogen (secondary N) is 4. The molecule has 0 unspecified atom stereocenters. The van der Waals surface area contributed by atoms with Crippen molar-refractivity contribution >= 4 is 47.3 Å². The standard InChI is InChI=1S/C24H28N6O2.ClH/c31-21(29-19-9-5-17(6-10-19)23-25-13-14-26-23)3-1-2-4-22(32)30-20-11-7-18(8-12-20)24-27-15-16-28-24;/h5-12H,1-4,13-16H2,(H,25,26)(H,27,28)(H,29,31)(H,30,32);1H. The van der Waals surface area contributed by atoms with E-state index in [0.717, 1.165) is 60.4 Å². The third-order valence-electron chi connectivity index (χ3n) is 5.29. The first-order valence-corrected chi connectivity index (χ1v) is 11.0. The maximum atomic E-state index is 12.2. The minimum Gasteiger partial charge on any atom is -0.368 e. The molecule has 0 aromatic heterocycles. The van der Waals surface area contributed by atoms with Crippen LogP contribution in [0.5, 0.6) is 0 Å². The number of amides is 2. The van der Waals surface area contributed by atoms with Crippen molar-refractivity contribution in [2.75, 3.05) is 36.8 Å². The van der Waals surface area contributed by atoms with E-state index in [9.17, 15) is 9.59 Å². The van der Waals surface area contributed by atoms with E-state index in [0.29, 0.717) is 25.7 Å². The quantitative estimate of drug-likeness (QED) is 0.424. The summed E-state index contributed by atoms with van der Waals surface area (Å²) < 4.78 is 0. The summed E-state index contributed by atoms with van der Waals surface area (Å²) in [4.78, 5) is 33.1. The van der Waals surface area contributed by atoms with E-state index in [-0.39, 0.29) is 24.2 Å².